The molecule has 1 unspecified atom stereocenters. The topological polar surface area (TPSA) is 41.1 Å². The molecule has 1 saturated heterocycles. The molecule has 2 rings (SSSR count). The fourth-order valence-corrected chi connectivity index (χ4v) is 2.94. The fourth-order valence-electron chi connectivity index (χ4n) is 2.33. The molecule has 4 heteroatoms. The monoisotopic (exact) mass is 310 g/mol. The molecule has 1 fully saturated rings. The highest BCUT2D eigenvalue weighted by atomic mass is 79.9. The predicted molar refractivity (Wildman–Crippen MR) is 76.9 cm³/mol. The first-order chi connectivity index (χ1) is 8.65. The van der Waals surface area contributed by atoms with Crippen LogP contribution in [0.2, 0.25) is 0 Å². The van der Waals surface area contributed by atoms with E-state index in [1.54, 1.807) is 0 Å². The fraction of sp³-hybridized carbons (Fsp3) is 0.500. The van der Waals surface area contributed by atoms with Gasteiger partial charge in [-0.2, -0.15) is 0 Å². The lowest BCUT2D eigenvalue weighted by molar-refractivity contribution is 0.0952. The Labute approximate surface area is 116 Å². The Morgan fingerprint density at radius 1 is 1.50 bits per heavy atom. The summed E-state index contributed by atoms with van der Waals surface area (Å²) in [6.07, 6.45) is 3.49. The van der Waals surface area contributed by atoms with Gasteiger partial charge in [0.1, 0.15) is 0 Å². The summed E-state index contributed by atoms with van der Waals surface area (Å²) in [5.41, 5.74) is 1.81. The molecule has 0 radical (unpaired) electrons. The quantitative estimate of drug-likeness (QED) is 0.897. The van der Waals surface area contributed by atoms with Gasteiger partial charge in [0.15, 0.2) is 0 Å². The van der Waals surface area contributed by atoms with E-state index in [9.17, 15) is 4.79 Å². The lowest BCUT2D eigenvalue weighted by atomic mass is 10.1. The van der Waals surface area contributed by atoms with E-state index in [0.717, 1.165) is 35.1 Å². The summed E-state index contributed by atoms with van der Waals surface area (Å²) >= 11 is 3.41. The number of nitrogens with one attached hydrogen (secondary N) is 2. The zero-order valence-electron chi connectivity index (χ0n) is 10.6. The standard InChI is InChI=1S/C14H19BrN2O/c1-10-7-11(9-12(15)8-10)14(18)17-6-4-13-3-2-5-16-13/h7-9,13,16H,2-6H2,1H3,(H,17,18). The molecule has 98 valence electrons. The second-order valence-corrected chi connectivity index (χ2v) is 5.77. The van der Waals surface area contributed by atoms with Gasteiger partial charge < -0.3 is 10.6 Å². The maximum Gasteiger partial charge on any atom is 0.251 e. The second-order valence-electron chi connectivity index (χ2n) is 4.86. The highest BCUT2D eigenvalue weighted by Gasteiger charge is 2.14. The third-order valence-electron chi connectivity index (χ3n) is 3.25. The van der Waals surface area contributed by atoms with Gasteiger partial charge in [0.05, 0.1) is 0 Å². The molecule has 3 nitrogen and oxygen atoms in total. The van der Waals surface area contributed by atoms with Crippen LogP contribution in [0.5, 0.6) is 0 Å². The van der Waals surface area contributed by atoms with Gasteiger partial charge in [0.25, 0.3) is 5.91 Å². The van der Waals surface area contributed by atoms with Crippen molar-refractivity contribution in [1.29, 1.82) is 0 Å². The van der Waals surface area contributed by atoms with Gasteiger partial charge in [0, 0.05) is 22.6 Å². The Hall–Kier alpha value is -0.870. The average molecular weight is 311 g/mol. The van der Waals surface area contributed by atoms with Crippen molar-refractivity contribution in [3.05, 3.63) is 33.8 Å². The summed E-state index contributed by atoms with van der Waals surface area (Å²) in [6.45, 7) is 3.84. The van der Waals surface area contributed by atoms with Gasteiger partial charge >= 0.3 is 0 Å². The number of halogens is 1. The van der Waals surface area contributed by atoms with E-state index < -0.39 is 0 Å². The highest BCUT2D eigenvalue weighted by Crippen LogP contribution is 2.15. The van der Waals surface area contributed by atoms with E-state index in [2.05, 4.69) is 26.6 Å². The van der Waals surface area contributed by atoms with Crippen molar-refractivity contribution < 1.29 is 4.79 Å². The largest absolute Gasteiger partial charge is 0.352 e. The maximum atomic E-state index is 12.0. The summed E-state index contributed by atoms with van der Waals surface area (Å²) in [5, 5.41) is 6.41. The van der Waals surface area contributed by atoms with Crippen molar-refractivity contribution in [3.63, 3.8) is 0 Å². The van der Waals surface area contributed by atoms with E-state index in [1.165, 1.54) is 12.8 Å². The van der Waals surface area contributed by atoms with Crippen molar-refractivity contribution in [1.82, 2.24) is 10.6 Å². The molecule has 18 heavy (non-hydrogen) atoms. The van der Waals surface area contributed by atoms with E-state index in [0.29, 0.717) is 6.04 Å². The number of carbonyl (C=O) groups excluding carboxylic acids is 1. The average Bonchev–Trinajstić information content (AvgIpc) is 2.80. The van der Waals surface area contributed by atoms with Crippen molar-refractivity contribution >= 4 is 21.8 Å². The highest BCUT2D eigenvalue weighted by molar-refractivity contribution is 9.10. The normalized spacial score (nSPS) is 18.9. The summed E-state index contributed by atoms with van der Waals surface area (Å²) in [5.74, 6) is 0.0115. The molecule has 0 saturated carbocycles. The molecule has 1 aliphatic heterocycles. The molecule has 0 spiro atoms. The molecule has 2 N–H and O–H groups in total. The van der Waals surface area contributed by atoms with Crippen molar-refractivity contribution in [3.8, 4) is 0 Å². The third kappa shape index (κ3) is 3.82. The Morgan fingerprint density at radius 2 is 2.33 bits per heavy atom. The molecule has 1 aliphatic rings. The van der Waals surface area contributed by atoms with Gasteiger partial charge in [-0.3, -0.25) is 4.79 Å². The Balaban J connectivity index is 1.83. The third-order valence-corrected chi connectivity index (χ3v) is 3.70. The summed E-state index contributed by atoms with van der Waals surface area (Å²) in [4.78, 5) is 12.0. The van der Waals surface area contributed by atoms with Gasteiger partial charge in [-0.25, -0.2) is 0 Å². The number of hydrogen-bond acceptors (Lipinski definition) is 2. The van der Waals surface area contributed by atoms with E-state index in [-0.39, 0.29) is 5.91 Å². The van der Waals surface area contributed by atoms with Crippen molar-refractivity contribution in [2.45, 2.75) is 32.2 Å². The Bertz CT molecular complexity index is 408. The minimum atomic E-state index is 0.0115. The molecule has 1 aromatic rings. The van der Waals surface area contributed by atoms with Crippen LogP contribution in [0.1, 0.15) is 35.2 Å². The van der Waals surface area contributed by atoms with Gasteiger partial charge in [0.2, 0.25) is 0 Å². The van der Waals surface area contributed by atoms with Crippen LogP contribution in [-0.2, 0) is 0 Å². The van der Waals surface area contributed by atoms with E-state index in [4.69, 9.17) is 0 Å². The number of carbonyl (C=O) groups is 1. The van der Waals surface area contributed by atoms with Crippen molar-refractivity contribution in [2.24, 2.45) is 0 Å². The number of rotatable bonds is 4. The lowest BCUT2D eigenvalue weighted by Gasteiger charge is -2.11. The van der Waals surface area contributed by atoms with Crippen LogP contribution in [0, 0.1) is 6.92 Å². The summed E-state index contributed by atoms with van der Waals surface area (Å²) in [7, 11) is 0. The molecule has 0 aliphatic carbocycles. The first kappa shape index (κ1) is 13.6. The van der Waals surface area contributed by atoms with Crippen LogP contribution in [0.4, 0.5) is 0 Å². The summed E-state index contributed by atoms with van der Waals surface area (Å²) in [6, 6.07) is 6.35. The minimum absolute atomic E-state index is 0.0115. The van der Waals surface area contributed by atoms with Gasteiger partial charge in [-0.05, 0) is 56.5 Å². The molecule has 0 aromatic heterocycles. The van der Waals surface area contributed by atoms with Crippen LogP contribution in [-0.4, -0.2) is 25.0 Å². The molecule has 1 amide bonds. The molecular weight excluding hydrogens is 292 g/mol. The number of amides is 1. The van der Waals surface area contributed by atoms with Crippen LogP contribution in [0.3, 0.4) is 0 Å². The summed E-state index contributed by atoms with van der Waals surface area (Å²) < 4.78 is 0.949. The van der Waals surface area contributed by atoms with Crippen LogP contribution < -0.4 is 10.6 Å². The minimum Gasteiger partial charge on any atom is -0.352 e. The molecule has 1 atom stereocenters. The maximum absolute atomic E-state index is 12.0. The molecule has 1 heterocycles. The van der Waals surface area contributed by atoms with Crippen LogP contribution in [0.15, 0.2) is 22.7 Å². The SMILES string of the molecule is Cc1cc(Br)cc(C(=O)NCCC2CCCN2)c1. The predicted octanol–water partition coefficient (Wildman–Crippen LogP) is 2.63. The first-order valence-corrected chi connectivity index (χ1v) is 7.23. The molecule has 1 aromatic carbocycles. The first-order valence-electron chi connectivity index (χ1n) is 6.44. The number of benzene rings is 1. The van der Waals surface area contributed by atoms with Crippen molar-refractivity contribution in [2.75, 3.05) is 13.1 Å². The zero-order valence-corrected chi connectivity index (χ0v) is 12.2. The second kappa shape index (κ2) is 6.34. The zero-order chi connectivity index (χ0) is 13.0. The van der Waals surface area contributed by atoms with Gasteiger partial charge in [-0.1, -0.05) is 15.9 Å². The molecule has 0 bridgehead atoms. The van der Waals surface area contributed by atoms with E-state index in [1.807, 2.05) is 25.1 Å². The number of hydrogen-bond donors (Lipinski definition) is 2. The smallest absolute Gasteiger partial charge is 0.251 e. The number of aryl methyl sites for hydroxylation is 1. The van der Waals surface area contributed by atoms with Gasteiger partial charge in [-0.15, -0.1) is 0 Å². The van der Waals surface area contributed by atoms with Crippen LogP contribution >= 0.6 is 15.9 Å². The van der Waals surface area contributed by atoms with Crippen LogP contribution in [0.25, 0.3) is 0 Å². The Morgan fingerprint density at radius 3 is 3.00 bits per heavy atom. The Kier molecular flexibility index (Phi) is 4.78. The van der Waals surface area contributed by atoms with E-state index >= 15 is 0 Å². The lowest BCUT2D eigenvalue weighted by Crippen LogP contribution is -2.30. The molecular formula is C14H19BrN2O.